The molecule has 2 aromatic heterocycles. The van der Waals surface area contributed by atoms with E-state index in [0.29, 0.717) is 17.2 Å². The Morgan fingerprint density at radius 2 is 1.82 bits per heavy atom. The monoisotopic (exact) mass is 304 g/mol. The number of nitrogens with zero attached hydrogens (tertiary/aromatic N) is 3. The zero-order valence-electron chi connectivity index (χ0n) is 12.8. The number of aryl methyl sites for hydroxylation is 1. The molecule has 0 bridgehead atoms. The first-order valence-corrected chi connectivity index (χ1v) is 6.69. The van der Waals surface area contributed by atoms with Gasteiger partial charge in [0.2, 0.25) is 0 Å². The van der Waals surface area contributed by atoms with Crippen LogP contribution in [0.25, 0.3) is 11.4 Å². The zero-order valence-corrected chi connectivity index (χ0v) is 12.8. The van der Waals surface area contributed by atoms with Crippen LogP contribution in [0.2, 0.25) is 0 Å². The van der Waals surface area contributed by atoms with E-state index < -0.39 is 17.5 Å². The van der Waals surface area contributed by atoms with Gasteiger partial charge in [0, 0.05) is 11.8 Å². The minimum atomic E-state index is -0.602. The number of ether oxygens (including phenoxy) is 1. The van der Waals surface area contributed by atoms with Gasteiger partial charge in [0.15, 0.2) is 11.6 Å². The highest BCUT2D eigenvalue weighted by Crippen LogP contribution is 2.22. The molecule has 0 saturated heterocycles. The van der Waals surface area contributed by atoms with Crippen molar-refractivity contribution >= 4 is 11.9 Å². The average Bonchev–Trinajstić information content (AvgIpc) is 2.40. The fraction of sp³-hybridized carbons (Fsp3) is 0.333. The van der Waals surface area contributed by atoms with Gasteiger partial charge in [0.25, 0.3) is 0 Å². The summed E-state index contributed by atoms with van der Waals surface area (Å²) >= 11 is 0. The molecule has 0 radical (unpaired) electrons. The highest BCUT2D eigenvalue weighted by atomic mass is 19.1. The van der Waals surface area contributed by atoms with Crippen molar-refractivity contribution in [2.24, 2.45) is 0 Å². The zero-order chi connectivity index (χ0) is 16.3. The standard InChI is InChI=1S/C15H17FN4O2/c1-9-6-17-12(20-14(21)22-15(2,3)4)5-11(9)13-18-7-10(16)8-19-13/h5-8H,1-4H3,(H,17,20,21). The second kappa shape index (κ2) is 6.05. The lowest BCUT2D eigenvalue weighted by atomic mass is 10.1. The summed E-state index contributed by atoms with van der Waals surface area (Å²) < 4.78 is 18.1. The fourth-order valence-corrected chi connectivity index (χ4v) is 1.69. The molecule has 1 N–H and O–H groups in total. The first kappa shape index (κ1) is 15.8. The maximum Gasteiger partial charge on any atom is 0.413 e. The van der Waals surface area contributed by atoms with E-state index in [1.165, 1.54) is 0 Å². The van der Waals surface area contributed by atoms with Crippen molar-refractivity contribution < 1.29 is 13.9 Å². The molecule has 7 heteroatoms. The minimum absolute atomic E-state index is 0.308. The molecule has 0 aliphatic heterocycles. The first-order chi connectivity index (χ1) is 10.2. The molecule has 0 aromatic carbocycles. The molecule has 0 atom stereocenters. The lowest BCUT2D eigenvalue weighted by Gasteiger charge is -2.19. The lowest BCUT2D eigenvalue weighted by molar-refractivity contribution is 0.0635. The largest absolute Gasteiger partial charge is 0.444 e. The van der Waals surface area contributed by atoms with E-state index in [1.54, 1.807) is 33.0 Å². The predicted octanol–water partition coefficient (Wildman–Crippen LogP) is 3.33. The van der Waals surface area contributed by atoms with Gasteiger partial charge < -0.3 is 4.74 Å². The number of carbonyl (C=O) groups is 1. The molecule has 0 aliphatic carbocycles. The molecule has 116 valence electrons. The van der Waals surface area contributed by atoms with Gasteiger partial charge in [-0.1, -0.05) is 0 Å². The molecular weight excluding hydrogens is 287 g/mol. The van der Waals surface area contributed by atoms with Crippen LogP contribution in [-0.4, -0.2) is 26.6 Å². The molecule has 0 aliphatic rings. The van der Waals surface area contributed by atoms with E-state index in [1.807, 2.05) is 6.92 Å². The van der Waals surface area contributed by atoms with Gasteiger partial charge in [-0.15, -0.1) is 0 Å². The third-order valence-electron chi connectivity index (χ3n) is 2.59. The van der Waals surface area contributed by atoms with Crippen molar-refractivity contribution in [3.63, 3.8) is 0 Å². The molecular formula is C15H17FN4O2. The van der Waals surface area contributed by atoms with Gasteiger partial charge in [0.1, 0.15) is 11.4 Å². The Balaban J connectivity index is 2.23. The second-order valence-corrected chi connectivity index (χ2v) is 5.74. The average molecular weight is 304 g/mol. The number of carbonyl (C=O) groups excluding carboxylic acids is 1. The van der Waals surface area contributed by atoms with Crippen LogP contribution >= 0.6 is 0 Å². The molecule has 6 nitrogen and oxygen atoms in total. The quantitative estimate of drug-likeness (QED) is 0.920. The number of anilines is 1. The number of rotatable bonds is 2. The van der Waals surface area contributed by atoms with Crippen LogP contribution in [0.5, 0.6) is 0 Å². The van der Waals surface area contributed by atoms with Gasteiger partial charge in [-0.3, -0.25) is 5.32 Å². The van der Waals surface area contributed by atoms with Crippen molar-refractivity contribution in [3.8, 4) is 11.4 Å². The molecule has 2 heterocycles. The topological polar surface area (TPSA) is 77.0 Å². The normalized spacial score (nSPS) is 11.1. The van der Waals surface area contributed by atoms with Crippen molar-refractivity contribution in [1.29, 1.82) is 0 Å². The van der Waals surface area contributed by atoms with Gasteiger partial charge in [0.05, 0.1) is 12.4 Å². The molecule has 2 aromatic rings. The van der Waals surface area contributed by atoms with E-state index >= 15 is 0 Å². The summed E-state index contributed by atoms with van der Waals surface area (Å²) in [6, 6.07) is 1.62. The Kier molecular flexibility index (Phi) is 4.35. The Morgan fingerprint density at radius 3 is 2.41 bits per heavy atom. The fourth-order valence-electron chi connectivity index (χ4n) is 1.69. The van der Waals surface area contributed by atoms with Crippen LogP contribution in [-0.2, 0) is 4.74 Å². The first-order valence-electron chi connectivity index (χ1n) is 6.69. The summed E-state index contributed by atoms with van der Waals surface area (Å²) in [4.78, 5) is 23.7. The van der Waals surface area contributed by atoms with E-state index in [4.69, 9.17) is 4.74 Å². The van der Waals surface area contributed by atoms with Crippen molar-refractivity contribution in [1.82, 2.24) is 15.0 Å². The number of hydrogen-bond acceptors (Lipinski definition) is 5. The van der Waals surface area contributed by atoms with Crippen molar-refractivity contribution in [2.75, 3.05) is 5.32 Å². The summed E-state index contributed by atoms with van der Waals surface area (Å²) in [6.07, 6.45) is 3.15. The third kappa shape index (κ3) is 4.21. The van der Waals surface area contributed by atoms with E-state index in [2.05, 4.69) is 20.3 Å². The minimum Gasteiger partial charge on any atom is -0.444 e. The highest BCUT2D eigenvalue weighted by Gasteiger charge is 2.17. The summed E-state index contributed by atoms with van der Waals surface area (Å²) in [7, 11) is 0. The molecule has 2 rings (SSSR count). The van der Waals surface area contributed by atoms with E-state index in [-0.39, 0.29) is 0 Å². The van der Waals surface area contributed by atoms with Crippen LogP contribution in [0.1, 0.15) is 26.3 Å². The Bertz CT molecular complexity index is 681. The number of halogens is 1. The van der Waals surface area contributed by atoms with Gasteiger partial charge in [-0.25, -0.2) is 24.1 Å². The molecule has 1 amide bonds. The van der Waals surface area contributed by atoms with E-state index in [9.17, 15) is 9.18 Å². The third-order valence-corrected chi connectivity index (χ3v) is 2.59. The van der Waals surface area contributed by atoms with Crippen LogP contribution in [0, 0.1) is 12.7 Å². The Morgan fingerprint density at radius 1 is 1.18 bits per heavy atom. The predicted molar refractivity (Wildman–Crippen MR) is 79.8 cm³/mol. The van der Waals surface area contributed by atoms with Crippen LogP contribution in [0.4, 0.5) is 15.0 Å². The highest BCUT2D eigenvalue weighted by molar-refractivity contribution is 5.84. The second-order valence-electron chi connectivity index (χ2n) is 5.74. The summed E-state index contributed by atoms with van der Waals surface area (Å²) in [5.74, 6) is 0.152. The SMILES string of the molecule is Cc1cnc(NC(=O)OC(C)(C)C)cc1-c1ncc(F)cn1. The molecule has 0 spiro atoms. The number of nitrogens with one attached hydrogen (secondary N) is 1. The van der Waals surface area contributed by atoms with Crippen molar-refractivity contribution in [2.45, 2.75) is 33.3 Å². The maximum atomic E-state index is 12.9. The molecule has 0 saturated carbocycles. The van der Waals surface area contributed by atoms with Gasteiger partial charge in [-0.05, 0) is 39.3 Å². The lowest BCUT2D eigenvalue weighted by Crippen LogP contribution is -2.27. The Labute approximate surface area is 127 Å². The summed E-state index contributed by atoms with van der Waals surface area (Å²) in [5, 5.41) is 2.55. The number of aromatic nitrogens is 3. The van der Waals surface area contributed by atoms with Crippen LogP contribution < -0.4 is 5.32 Å². The van der Waals surface area contributed by atoms with Crippen LogP contribution in [0.15, 0.2) is 24.7 Å². The molecule has 22 heavy (non-hydrogen) atoms. The van der Waals surface area contributed by atoms with Crippen molar-refractivity contribution in [3.05, 3.63) is 36.0 Å². The number of amides is 1. The number of hydrogen-bond donors (Lipinski definition) is 1. The van der Waals surface area contributed by atoms with Gasteiger partial charge in [-0.2, -0.15) is 0 Å². The summed E-state index contributed by atoms with van der Waals surface area (Å²) in [6.45, 7) is 7.14. The smallest absolute Gasteiger partial charge is 0.413 e. The summed E-state index contributed by atoms with van der Waals surface area (Å²) in [5.41, 5.74) is 0.861. The van der Waals surface area contributed by atoms with E-state index in [0.717, 1.165) is 18.0 Å². The maximum absolute atomic E-state index is 12.9. The van der Waals surface area contributed by atoms with Crippen LogP contribution in [0.3, 0.4) is 0 Å². The Hall–Kier alpha value is -2.57. The number of pyridine rings is 1. The molecule has 0 unspecified atom stereocenters. The van der Waals surface area contributed by atoms with Gasteiger partial charge >= 0.3 is 6.09 Å². The molecule has 0 fully saturated rings.